The van der Waals surface area contributed by atoms with Crippen molar-refractivity contribution in [2.45, 2.75) is 142 Å². The topological polar surface area (TPSA) is 36.9 Å². The van der Waals surface area contributed by atoms with Crippen molar-refractivity contribution in [3.05, 3.63) is 0 Å². The fourth-order valence-corrected chi connectivity index (χ4v) is 13.4. The number of unbranched alkanes of at least 4 members (excludes halogenated alkanes) is 8. The Balaban J connectivity index is 5.00. The molecule has 0 bridgehead atoms. The van der Waals surface area contributed by atoms with E-state index in [0.29, 0.717) is 0 Å². The Hall–Kier alpha value is 1.32. The third-order valence-electron chi connectivity index (χ3n) is 6.37. The molecular formula is C28H62O4S3Si2. The molecule has 0 aliphatic carbocycles. The summed E-state index contributed by atoms with van der Waals surface area (Å²) in [4.78, 5) is 0. The molecule has 0 radical (unpaired) electrons. The maximum Gasteiger partial charge on any atom is 0.154 e. The monoisotopic (exact) mass is 614 g/mol. The molecule has 0 aliphatic rings. The fourth-order valence-electron chi connectivity index (χ4n) is 4.15. The smallest absolute Gasteiger partial charge is 0.154 e. The summed E-state index contributed by atoms with van der Waals surface area (Å²) in [6.45, 7) is 16.9. The lowest BCUT2D eigenvalue weighted by atomic mass is 10.3. The summed E-state index contributed by atoms with van der Waals surface area (Å²) in [6.07, 6.45) is 14.4. The summed E-state index contributed by atoms with van der Waals surface area (Å²) in [5.74, 6) is 1.85. The summed E-state index contributed by atoms with van der Waals surface area (Å²) in [5, 5.41) is 0. The van der Waals surface area contributed by atoms with Crippen LogP contribution in [0.2, 0.25) is 12.1 Å². The molecule has 0 amide bonds. The first-order valence-electron chi connectivity index (χ1n) is 15.5. The van der Waals surface area contributed by atoms with Crippen molar-refractivity contribution in [1.29, 1.82) is 0 Å². The first kappa shape index (κ1) is 38.3. The quantitative estimate of drug-likeness (QED) is 0.0348. The highest BCUT2D eigenvalue weighted by Gasteiger charge is 2.33. The van der Waals surface area contributed by atoms with Crippen molar-refractivity contribution in [3.63, 3.8) is 0 Å². The Labute approximate surface area is 247 Å². The lowest BCUT2D eigenvalue weighted by molar-refractivity contribution is -0.167. The normalized spacial score (nSPS) is 13.1. The van der Waals surface area contributed by atoms with Gasteiger partial charge in [-0.15, -0.1) is 0 Å². The van der Waals surface area contributed by atoms with Crippen molar-refractivity contribution >= 4 is 50.5 Å². The lowest BCUT2D eigenvalue weighted by Gasteiger charge is -2.35. The van der Waals surface area contributed by atoms with Crippen molar-refractivity contribution in [2.75, 3.05) is 37.9 Å². The standard InChI is InChI=1S/C28H62O4S3Si2/c1-7-13-17-21-29-27(36-11-5,30-22-18-14-8-2)25-33-35-34-26-28(37-12-6,31-23-19-15-9-3)32-24-20-16-10-4/h7-26,36-37H2,1-6H3. The molecule has 0 aromatic heterocycles. The van der Waals surface area contributed by atoms with E-state index in [9.17, 15) is 0 Å². The molecule has 4 nitrogen and oxygen atoms in total. The molecule has 0 unspecified atom stereocenters. The van der Waals surface area contributed by atoms with E-state index in [1.165, 1.54) is 63.5 Å². The van der Waals surface area contributed by atoms with Crippen LogP contribution < -0.4 is 0 Å². The molecular weight excluding hydrogens is 553 g/mol. The van der Waals surface area contributed by atoms with Crippen LogP contribution in [0.25, 0.3) is 0 Å². The molecule has 37 heavy (non-hydrogen) atoms. The van der Waals surface area contributed by atoms with Crippen LogP contribution >= 0.6 is 31.4 Å². The Morgan fingerprint density at radius 3 is 1.00 bits per heavy atom. The van der Waals surface area contributed by atoms with Gasteiger partial charge in [-0.25, -0.2) is 0 Å². The maximum atomic E-state index is 6.54. The van der Waals surface area contributed by atoms with Gasteiger partial charge in [-0.05, 0) is 35.5 Å². The number of hydrogen-bond acceptors (Lipinski definition) is 7. The van der Waals surface area contributed by atoms with Crippen LogP contribution in [0.5, 0.6) is 0 Å². The molecule has 0 spiro atoms. The molecule has 0 heterocycles. The zero-order chi connectivity index (χ0) is 27.5. The molecule has 0 aromatic carbocycles. The minimum absolute atomic E-state index is 0.322. The van der Waals surface area contributed by atoms with Crippen molar-refractivity contribution in [3.8, 4) is 0 Å². The SMILES string of the molecule is CCCCCOC(CSSSCC(OCCCCC)(OCCCCC)[SiH2]CC)(OCCCCC)[SiH2]CC. The van der Waals surface area contributed by atoms with E-state index >= 15 is 0 Å². The summed E-state index contributed by atoms with van der Waals surface area (Å²) >= 11 is 0. The van der Waals surface area contributed by atoms with Gasteiger partial charge in [0, 0.05) is 26.4 Å². The number of rotatable bonds is 30. The first-order chi connectivity index (χ1) is 18.1. The van der Waals surface area contributed by atoms with E-state index in [1.807, 2.05) is 31.4 Å². The second kappa shape index (κ2) is 27.5. The highest BCUT2D eigenvalue weighted by molar-refractivity contribution is 9.09. The minimum atomic E-state index is -0.473. The fraction of sp³-hybridized carbons (Fsp3) is 1.00. The van der Waals surface area contributed by atoms with Gasteiger partial charge in [0.25, 0.3) is 0 Å². The summed E-state index contributed by atoms with van der Waals surface area (Å²) in [6, 6.07) is 2.42. The average molecular weight is 615 g/mol. The van der Waals surface area contributed by atoms with E-state index in [2.05, 4.69) is 41.5 Å². The van der Waals surface area contributed by atoms with E-state index < -0.39 is 19.0 Å². The van der Waals surface area contributed by atoms with Crippen molar-refractivity contribution in [2.24, 2.45) is 0 Å². The van der Waals surface area contributed by atoms with Gasteiger partial charge < -0.3 is 18.9 Å². The van der Waals surface area contributed by atoms with Gasteiger partial charge in [0.05, 0.1) is 30.5 Å². The van der Waals surface area contributed by atoms with E-state index in [-0.39, 0.29) is 10.8 Å². The van der Waals surface area contributed by atoms with Gasteiger partial charge in [0.1, 0.15) is 0 Å². The van der Waals surface area contributed by atoms with Crippen molar-refractivity contribution in [1.82, 2.24) is 0 Å². The highest BCUT2D eigenvalue weighted by Crippen LogP contribution is 2.40. The van der Waals surface area contributed by atoms with Crippen LogP contribution in [0.4, 0.5) is 0 Å². The van der Waals surface area contributed by atoms with Crippen LogP contribution in [-0.2, 0) is 18.9 Å². The molecule has 0 saturated carbocycles. The molecule has 0 rings (SSSR count). The molecule has 0 fully saturated rings. The average Bonchev–Trinajstić information content (AvgIpc) is 2.90. The van der Waals surface area contributed by atoms with Gasteiger partial charge in [0.2, 0.25) is 0 Å². The zero-order valence-electron chi connectivity index (χ0n) is 25.4. The molecule has 9 heteroatoms. The van der Waals surface area contributed by atoms with Crippen LogP contribution in [0.1, 0.15) is 119 Å². The second-order valence-electron chi connectivity index (χ2n) is 10.1. The Kier molecular flexibility index (Phi) is 28.5. The van der Waals surface area contributed by atoms with Crippen LogP contribution in [0.3, 0.4) is 0 Å². The number of ether oxygens (including phenoxy) is 4. The van der Waals surface area contributed by atoms with Gasteiger partial charge in [-0.2, -0.15) is 0 Å². The summed E-state index contributed by atoms with van der Waals surface area (Å²) in [7, 11) is 4.78. The first-order valence-corrected chi connectivity index (χ1v) is 22.8. The summed E-state index contributed by atoms with van der Waals surface area (Å²) < 4.78 is 26.2. The molecule has 224 valence electrons. The predicted molar refractivity (Wildman–Crippen MR) is 178 cm³/mol. The van der Waals surface area contributed by atoms with E-state index in [1.54, 1.807) is 0 Å². The van der Waals surface area contributed by atoms with E-state index in [4.69, 9.17) is 18.9 Å². The van der Waals surface area contributed by atoms with Crippen LogP contribution in [0.15, 0.2) is 0 Å². The third kappa shape index (κ3) is 20.8. The van der Waals surface area contributed by atoms with Crippen molar-refractivity contribution < 1.29 is 18.9 Å². The second-order valence-corrected chi connectivity index (χ2v) is 19.5. The minimum Gasteiger partial charge on any atom is -0.354 e. The van der Waals surface area contributed by atoms with Gasteiger partial charge in [-0.1, -0.05) is 127 Å². The zero-order valence-corrected chi connectivity index (χ0v) is 30.7. The van der Waals surface area contributed by atoms with Gasteiger partial charge >= 0.3 is 0 Å². The highest BCUT2D eigenvalue weighted by atomic mass is 33.5. The Morgan fingerprint density at radius 2 is 0.757 bits per heavy atom. The molecule has 0 aliphatic heterocycles. The number of hydrogen-bond donors (Lipinski definition) is 0. The molecule has 0 saturated heterocycles. The largest absolute Gasteiger partial charge is 0.354 e. The third-order valence-corrected chi connectivity index (χ3v) is 15.3. The predicted octanol–water partition coefficient (Wildman–Crippen LogP) is 8.36. The van der Waals surface area contributed by atoms with Gasteiger partial charge in [0.15, 0.2) is 10.8 Å². The lowest BCUT2D eigenvalue weighted by Crippen LogP contribution is -2.45. The van der Waals surface area contributed by atoms with Crippen LogP contribution in [0, 0.1) is 0 Å². The molecule has 0 atom stereocenters. The Morgan fingerprint density at radius 1 is 0.459 bits per heavy atom. The molecule has 0 aromatic rings. The van der Waals surface area contributed by atoms with E-state index in [0.717, 1.165) is 63.6 Å². The maximum absolute atomic E-state index is 6.54. The van der Waals surface area contributed by atoms with Gasteiger partial charge in [-0.3, -0.25) is 0 Å². The van der Waals surface area contributed by atoms with Crippen LogP contribution in [-0.4, -0.2) is 67.8 Å². The molecule has 0 N–H and O–H groups in total. The summed E-state index contributed by atoms with van der Waals surface area (Å²) in [5.41, 5.74) is -0.645. The Bertz CT molecular complexity index is 415.